The number of para-hydroxylation sites is 1. The molecule has 1 saturated heterocycles. The molecule has 1 amide bonds. The quantitative estimate of drug-likeness (QED) is 0.936. The van der Waals surface area contributed by atoms with Gasteiger partial charge in [0.2, 0.25) is 0 Å². The van der Waals surface area contributed by atoms with Gasteiger partial charge in [0.15, 0.2) is 0 Å². The van der Waals surface area contributed by atoms with E-state index in [4.69, 9.17) is 10.5 Å². The van der Waals surface area contributed by atoms with E-state index in [0.29, 0.717) is 18.7 Å². The van der Waals surface area contributed by atoms with Crippen molar-refractivity contribution in [3.8, 4) is 5.75 Å². The van der Waals surface area contributed by atoms with Gasteiger partial charge in [-0.15, -0.1) is 12.4 Å². The van der Waals surface area contributed by atoms with Gasteiger partial charge in [0.1, 0.15) is 12.4 Å². The molecule has 0 unspecified atom stereocenters. The number of halogens is 1. The zero-order chi connectivity index (χ0) is 15.4. The molecule has 5 heteroatoms. The van der Waals surface area contributed by atoms with E-state index in [1.165, 1.54) is 0 Å². The number of hydrogen-bond acceptors (Lipinski definition) is 3. The van der Waals surface area contributed by atoms with Crippen molar-refractivity contribution in [3.05, 3.63) is 65.7 Å². The van der Waals surface area contributed by atoms with Crippen LogP contribution in [-0.2, 0) is 6.61 Å². The molecule has 1 heterocycles. The van der Waals surface area contributed by atoms with Crippen LogP contribution < -0.4 is 10.5 Å². The van der Waals surface area contributed by atoms with Crippen LogP contribution in [-0.4, -0.2) is 29.9 Å². The molecular weight excluding hydrogens is 312 g/mol. The smallest absolute Gasteiger partial charge is 0.254 e. The molecular formula is C18H21ClN2O2. The second-order valence-corrected chi connectivity index (χ2v) is 5.56. The normalized spacial score (nSPS) is 16.7. The molecule has 2 aromatic rings. The maximum Gasteiger partial charge on any atom is 0.254 e. The lowest BCUT2D eigenvalue weighted by molar-refractivity contribution is 0.0788. The van der Waals surface area contributed by atoms with E-state index in [1.54, 1.807) is 0 Å². The van der Waals surface area contributed by atoms with Crippen molar-refractivity contribution >= 4 is 18.3 Å². The van der Waals surface area contributed by atoms with E-state index in [1.807, 2.05) is 59.5 Å². The van der Waals surface area contributed by atoms with Crippen molar-refractivity contribution in [1.82, 2.24) is 4.90 Å². The first-order chi connectivity index (χ1) is 10.7. The van der Waals surface area contributed by atoms with Gasteiger partial charge in [-0.1, -0.05) is 36.4 Å². The average Bonchev–Trinajstić information content (AvgIpc) is 3.00. The molecule has 0 bridgehead atoms. The van der Waals surface area contributed by atoms with Crippen LogP contribution >= 0.6 is 12.4 Å². The molecule has 1 aliphatic rings. The summed E-state index contributed by atoms with van der Waals surface area (Å²) in [4.78, 5) is 14.5. The zero-order valence-corrected chi connectivity index (χ0v) is 13.7. The minimum atomic E-state index is 0. The van der Waals surface area contributed by atoms with Crippen LogP contribution in [0.3, 0.4) is 0 Å². The summed E-state index contributed by atoms with van der Waals surface area (Å²) in [5.74, 6) is 0.841. The third-order valence-corrected chi connectivity index (χ3v) is 3.90. The summed E-state index contributed by atoms with van der Waals surface area (Å²) >= 11 is 0. The van der Waals surface area contributed by atoms with Gasteiger partial charge in [0.25, 0.3) is 5.91 Å². The average molecular weight is 333 g/mol. The van der Waals surface area contributed by atoms with E-state index in [0.717, 1.165) is 24.3 Å². The molecule has 122 valence electrons. The highest BCUT2D eigenvalue weighted by Gasteiger charge is 2.25. The van der Waals surface area contributed by atoms with E-state index in [2.05, 4.69) is 0 Å². The molecule has 1 fully saturated rings. The predicted octanol–water partition coefficient (Wildman–Crippen LogP) is 2.86. The molecule has 0 saturated carbocycles. The number of hydrogen-bond donors (Lipinski definition) is 1. The monoisotopic (exact) mass is 332 g/mol. The molecule has 1 aliphatic heterocycles. The van der Waals surface area contributed by atoms with Crippen LogP contribution in [0.1, 0.15) is 22.3 Å². The van der Waals surface area contributed by atoms with Gasteiger partial charge in [-0.25, -0.2) is 0 Å². The largest absolute Gasteiger partial charge is 0.489 e. The predicted molar refractivity (Wildman–Crippen MR) is 93.0 cm³/mol. The van der Waals surface area contributed by atoms with Crippen molar-refractivity contribution in [2.24, 2.45) is 5.73 Å². The first-order valence-corrected chi connectivity index (χ1v) is 7.54. The lowest BCUT2D eigenvalue weighted by atomic mass is 10.1. The van der Waals surface area contributed by atoms with E-state index in [-0.39, 0.29) is 24.4 Å². The van der Waals surface area contributed by atoms with Crippen LogP contribution in [0.4, 0.5) is 0 Å². The summed E-state index contributed by atoms with van der Waals surface area (Å²) in [5.41, 5.74) is 7.50. The fourth-order valence-electron chi connectivity index (χ4n) is 2.67. The molecule has 0 aromatic heterocycles. The van der Waals surface area contributed by atoms with Gasteiger partial charge in [-0.05, 0) is 24.6 Å². The Morgan fingerprint density at radius 2 is 1.83 bits per heavy atom. The number of likely N-dealkylation sites (tertiary alicyclic amines) is 1. The summed E-state index contributed by atoms with van der Waals surface area (Å²) < 4.78 is 5.77. The lowest BCUT2D eigenvalue weighted by Gasteiger charge is -2.18. The van der Waals surface area contributed by atoms with Gasteiger partial charge >= 0.3 is 0 Å². The third kappa shape index (κ3) is 4.24. The number of carbonyl (C=O) groups is 1. The zero-order valence-electron chi connectivity index (χ0n) is 12.9. The molecule has 0 spiro atoms. The van der Waals surface area contributed by atoms with Crippen LogP contribution in [0, 0.1) is 0 Å². The Balaban J connectivity index is 0.00000192. The summed E-state index contributed by atoms with van der Waals surface area (Å²) in [6.45, 7) is 1.74. The number of ether oxygens (including phenoxy) is 1. The summed E-state index contributed by atoms with van der Waals surface area (Å²) in [6.07, 6.45) is 0.869. The first-order valence-electron chi connectivity index (χ1n) is 7.54. The molecule has 3 rings (SSSR count). The molecule has 2 aromatic carbocycles. The number of rotatable bonds is 4. The Morgan fingerprint density at radius 3 is 2.52 bits per heavy atom. The van der Waals surface area contributed by atoms with Gasteiger partial charge in [0, 0.05) is 30.3 Å². The van der Waals surface area contributed by atoms with Gasteiger partial charge in [-0.2, -0.15) is 0 Å². The third-order valence-electron chi connectivity index (χ3n) is 3.90. The Kier molecular flexibility index (Phi) is 6.02. The number of nitrogens with zero attached hydrogens (tertiary/aromatic N) is 1. The number of carbonyl (C=O) groups excluding carboxylic acids is 1. The molecule has 0 radical (unpaired) electrons. The van der Waals surface area contributed by atoms with Gasteiger partial charge in [-0.3, -0.25) is 4.79 Å². The number of nitrogens with two attached hydrogens (primary N) is 1. The Bertz CT molecular complexity index is 648. The lowest BCUT2D eigenvalue weighted by Crippen LogP contribution is -2.32. The standard InChI is InChI=1S/C18H20N2O2.ClH/c19-15-10-11-20(12-15)18(21)17-9-5-4-6-14(17)13-22-16-7-2-1-3-8-16;/h1-9,15H,10-13,19H2;1H/t15-;/m1./s1. The van der Waals surface area contributed by atoms with Gasteiger partial charge in [0.05, 0.1) is 0 Å². The Labute approximate surface area is 142 Å². The SMILES string of the molecule is Cl.N[C@@H]1CCN(C(=O)c2ccccc2COc2ccccc2)C1. The minimum absolute atomic E-state index is 0. The van der Waals surface area contributed by atoms with E-state index in [9.17, 15) is 4.79 Å². The fraction of sp³-hybridized carbons (Fsp3) is 0.278. The molecule has 1 atom stereocenters. The molecule has 0 aliphatic carbocycles. The first kappa shape index (κ1) is 17.3. The van der Waals surface area contributed by atoms with Gasteiger partial charge < -0.3 is 15.4 Å². The highest BCUT2D eigenvalue weighted by molar-refractivity contribution is 5.95. The van der Waals surface area contributed by atoms with Crippen molar-refractivity contribution in [2.45, 2.75) is 19.1 Å². The van der Waals surface area contributed by atoms with E-state index < -0.39 is 0 Å². The van der Waals surface area contributed by atoms with E-state index >= 15 is 0 Å². The highest BCUT2D eigenvalue weighted by atomic mass is 35.5. The number of amides is 1. The maximum absolute atomic E-state index is 12.6. The van der Waals surface area contributed by atoms with Crippen molar-refractivity contribution in [3.63, 3.8) is 0 Å². The maximum atomic E-state index is 12.6. The van der Waals surface area contributed by atoms with Crippen LogP contribution in [0.5, 0.6) is 5.75 Å². The van der Waals surface area contributed by atoms with Crippen LogP contribution in [0.2, 0.25) is 0 Å². The topological polar surface area (TPSA) is 55.6 Å². The minimum Gasteiger partial charge on any atom is -0.489 e. The molecule has 2 N–H and O–H groups in total. The summed E-state index contributed by atoms with van der Waals surface area (Å²) in [6, 6.07) is 17.3. The van der Waals surface area contributed by atoms with Crippen molar-refractivity contribution in [2.75, 3.05) is 13.1 Å². The summed E-state index contributed by atoms with van der Waals surface area (Å²) in [7, 11) is 0. The van der Waals surface area contributed by atoms with Crippen molar-refractivity contribution in [1.29, 1.82) is 0 Å². The molecule has 23 heavy (non-hydrogen) atoms. The second-order valence-electron chi connectivity index (χ2n) is 5.56. The van der Waals surface area contributed by atoms with Crippen LogP contribution in [0.15, 0.2) is 54.6 Å². The van der Waals surface area contributed by atoms with Crippen molar-refractivity contribution < 1.29 is 9.53 Å². The Morgan fingerprint density at radius 1 is 1.13 bits per heavy atom. The highest BCUT2D eigenvalue weighted by Crippen LogP contribution is 2.18. The van der Waals surface area contributed by atoms with Crippen LogP contribution in [0.25, 0.3) is 0 Å². The second kappa shape index (κ2) is 7.99. The number of benzene rings is 2. The molecule has 4 nitrogen and oxygen atoms in total. The Hall–Kier alpha value is -2.04. The fourth-order valence-corrected chi connectivity index (χ4v) is 2.67. The summed E-state index contributed by atoms with van der Waals surface area (Å²) in [5, 5.41) is 0.